The zero-order chi connectivity index (χ0) is 28.1. The number of nitrogens with zero attached hydrogens (tertiary/aromatic N) is 4. The van der Waals surface area contributed by atoms with Crippen LogP contribution in [-0.2, 0) is 21.3 Å². The average Bonchev–Trinajstić information content (AvgIpc) is 2.91. The molecule has 1 atom stereocenters. The van der Waals surface area contributed by atoms with E-state index in [0.717, 1.165) is 30.3 Å². The Morgan fingerprint density at radius 2 is 1.92 bits per heavy atom. The molecule has 0 saturated heterocycles. The highest BCUT2D eigenvalue weighted by molar-refractivity contribution is 7.89. The van der Waals surface area contributed by atoms with Gasteiger partial charge in [-0.25, -0.2) is 13.1 Å². The van der Waals surface area contributed by atoms with Gasteiger partial charge in [-0.3, -0.25) is 14.4 Å². The highest BCUT2D eigenvalue weighted by Gasteiger charge is 2.21. The topological polar surface area (TPSA) is 155 Å². The van der Waals surface area contributed by atoms with Crippen molar-refractivity contribution in [2.45, 2.75) is 57.9 Å². The van der Waals surface area contributed by atoms with Crippen molar-refractivity contribution in [2.24, 2.45) is 21.1 Å². The number of hydrogen-bond donors (Lipinski definition) is 3. The molecule has 11 nitrogen and oxygen atoms in total. The summed E-state index contributed by atoms with van der Waals surface area (Å²) in [4.78, 5) is 17.1. The maximum absolute atomic E-state index is 13.2. The van der Waals surface area contributed by atoms with Gasteiger partial charge in [0.2, 0.25) is 15.9 Å². The Hall–Kier alpha value is -2.93. The molecule has 3 N–H and O–H groups in total. The number of nitrogens with one attached hydrogen (secondary N) is 1. The number of benzene rings is 1. The normalized spacial score (nSPS) is 13.1. The predicted octanol–water partition coefficient (Wildman–Crippen LogP) is 3.83. The van der Waals surface area contributed by atoms with E-state index in [0.29, 0.717) is 12.1 Å². The molecular weight excluding hydrogens is 510 g/mol. The van der Waals surface area contributed by atoms with Crippen LogP contribution in [0.25, 0.3) is 0 Å². The minimum absolute atomic E-state index is 0.00351. The van der Waals surface area contributed by atoms with Gasteiger partial charge in [-0.2, -0.15) is 0 Å². The summed E-state index contributed by atoms with van der Waals surface area (Å²) in [5.74, 6) is -0.0676. The van der Waals surface area contributed by atoms with Crippen LogP contribution in [0, 0.1) is 12.8 Å². The van der Waals surface area contributed by atoms with Crippen LogP contribution in [0.3, 0.4) is 0 Å². The molecular formula is C26H39N5O6S. The van der Waals surface area contributed by atoms with Gasteiger partial charge in [-0.05, 0) is 37.0 Å². The van der Waals surface area contributed by atoms with Crippen molar-refractivity contribution in [1.29, 1.82) is 0 Å². The number of aromatic hydroxyl groups is 1. The summed E-state index contributed by atoms with van der Waals surface area (Å²) in [5.41, 5.74) is 0.0189. The van der Waals surface area contributed by atoms with Gasteiger partial charge in [0, 0.05) is 19.8 Å². The molecule has 12 heteroatoms. The van der Waals surface area contributed by atoms with E-state index >= 15 is 0 Å². The number of aliphatic hydroxyl groups excluding tert-OH is 1. The Labute approximate surface area is 224 Å². The van der Waals surface area contributed by atoms with Crippen LogP contribution in [0.1, 0.15) is 50.7 Å². The van der Waals surface area contributed by atoms with Crippen LogP contribution >= 0.6 is 0 Å². The summed E-state index contributed by atoms with van der Waals surface area (Å²) in [5, 5.41) is 27.9. The first kappa shape index (κ1) is 31.3. The Morgan fingerprint density at radius 3 is 2.58 bits per heavy atom. The van der Waals surface area contributed by atoms with E-state index in [-0.39, 0.29) is 60.0 Å². The van der Waals surface area contributed by atoms with Gasteiger partial charge in [0.05, 0.1) is 31.9 Å². The highest BCUT2D eigenvalue weighted by atomic mass is 32.2. The fraction of sp³-hybridized carbons (Fsp3) is 0.538. The van der Waals surface area contributed by atoms with Crippen molar-refractivity contribution in [3.63, 3.8) is 0 Å². The zero-order valence-electron chi connectivity index (χ0n) is 22.6. The molecule has 0 aliphatic heterocycles. The van der Waals surface area contributed by atoms with Gasteiger partial charge in [0.15, 0.2) is 5.69 Å². The number of aliphatic hydroxyl groups is 1. The molecule has 38 heavy (non-hydrogen) atoms. The maximum Gasteiger partial charge on any atom is 0.281 e. The molecule has 1 heterocycles. The van der Waals surface area contributed by atoms with E-state index in [2.05, 4.69) is 26.9 Å². The van der Waals surface area contributed by atoms with Crippen molar-refractivity contribution in [3.8, 4) is 5.88 Å². The van der Waals surface area contributed by atoms with Crippen molar-refractivity contribution in [2.75, 3.05) is 33.4 Å². The van der Waals surface area contributed by atoms with Crippen molar-refractivity contribution in [1.82, 2.24) is 9.29 Å². The second kappa shape index (κ2) is 15.5. The number of aliphatic imine (C=N–C) groups is 1. The smallest absolute Gasteiger partial charge is 0.281 e. The number of aromatic nitrogens is 1. The highest BCUT2D eigenvalue weighted by Crippen LogP contribution is 2.29. The summed E-state index contributed by atoms with van der Waals surface area (Å²) in [6.45, 7) is 6.06. The molecule has 0 spiro atoms. The molecule has 1 aromatic carbocycles. The number of unbranched alkanes of at least 4 members (excludes halogenated alkanes) is 1. The molecule has 0 aliphatic carbocycles. The minimum Gasteiger partial charge on any atom is -0.494 e. The third-order valence-corrected chi connectivity index (χ3v) is 7.65. The molecule has 1 aromatic heterocycles. The third-order valence-electron chi connectivity index (χ3n) is 6.17. The van der Waals surface area contributed by atoms with Crippen molar-refractivity contribution < 1.29 is 23.4 Å². The van der Waals surface area contributed by atoms with E-state index in [1.807, 2.05) is 6.92 Å². The average molecular weight is 550 g/mol. The van der Waals surface area contributed by atoms with E-state index < -0.39 is 15.6 Å². The lowest BCUT2D eigenvalue weighted by Gasteiger charge is -2.16. The Kier molecular flexibility index (Phi) is 12.7. The molecule has 0 amide bonds. The first-order valence-electron chi connectivity index (χ1n) is 12.8. The summed E-state index contributed by atoms with van der Waals surface area (Å²) >= 11 is 0. The van der Waals surface area contributed by atoms with Crippen LogP contribution in [0.15, 0.2) is 49.2 Å². The predicted molar refractivity (Wildman–Crippen MR) is 148 cm³/mol. The molecule has 0 saturated carbocycles. The first-order chi connectivity index (χ1) is 18.2. The molecule has 0 fully saturated rings. The monoisotopic (exact) mass is 549 g/mol. The SMILES string of the molecule is CCCCC(CC)CNS(=O)(=O)c1ccccc1N=Nc1c(C)c(C=NC)c(O)n(CCOCCO)c1=O. The van der Waals surface area contributed by atoms with E-state index in [4.69, 9.17) is 9.84 Å². The van der Waals surface area contributed by atoms with Crippen LogP contribution in [0.4, 0.5) is 11.4 Å². The Morgan fingerprint density at radius 1 is 1.18 bits per heavy atom. The van der Waals surface area contributed by atoms with Crippen molar-refractivity contribution >= 4 is 27.6 Å². The Bertz CT molecular complexity index is 1270. The third kappa shape index (κ3) is 8.29. The zero-order valence-corrected chi connectivity index (χ0v) is 23.4. The minimum atomic E-state index is -3.88. The molecule has 2 aromatic rings. The number of hydrogen-bond acceptors (Lipinski definition) is 9. The lowest BCUT2D eigenvalue weighted by molar-refractivity contribution is 0.0854. The number of sulfonamides is 1. The maximum atomic E-state index is 13.2. The van der Waals surface area contributed by atoms with Gasteiger partial charge in [-0.1, -0.05) is 45.2 Å². The first-order valence-corrected chi connectivity index (χ1v) is 14.3. The number of pyridine rings is 1. The van der Waals surface area contributed by atoms with E-state index in [1.54, 1.807) is 19.1 Å². The van der Waals surface area contributed by atoms with Crippen LogP contribution in [0.5, 0.6) is 5.88 Å². The second-order valence-electron chi connectivity index (χ2n) is 8.83. The van der Waals surface area contributed by atoms with Gasteiger partial charge in [0.1, 0.15) is 10.6 Å². The number of ether oxygens (including phenoxy) is 1. The fourth-order valence-electron chi connectivity index (χ4n) is 3.88. The van der Waals surface area contributed by atoms with Gasteiger partial charge < -0.3 is 14.9 Å². The molecule has 0 radical (unpaired) electrons. The van der Waals surface area contributed by atoms with Gasteiger partial charge in [-0.15, -0.1) is 10.2 Å². The number of azo groups is 1. The standard InChI is InChI=1S/C26H39N5O6S/c1-5-7-10-20(6-2)17-28-38(35,36)23-12-9-8-11-22(23)29-30-24-19(3)21(18-27-4)25(33)31(26(24)34)13-15-37-16-14-32/h8-9,11-12,18,20,28,32-33H,5-7,10,13-17H2,1-4H3. The quantitative estimate of drug-likeness (QED) is 0.164. The lowest BCUT2D eigenvalue weighted by Crippen LogP contribution is -2.29. The molecule has 0 bridgehead atoms. The molecule has 2 rings (SSSR count). The van der Waals surface area contributed by atoms with Crippen LogP contribution in [-0.4, -0.2) is 62.8 Å². The van der Waals surface area contributed by atoms with E-state index in [9.17, 15) is 18.3 Å². The largest absolute Gasteiger partial charge is 0.494 e. The van der Waals surface area contributed by atoms with Gasteiger partial charge in [0.25, 0.3) is 5.56 Å². The second-order valence-corrected chi connectivity index (χ2v) is 10.6. The summed E-state index contributed by atoms with van der Waals surface area (Å²) in [6.07, 6.45) is 5.29. The molecule has 210 valence electrons. The van der Waals surface area contributed by atoms with Crippen LogP contribution < -0.4 is 10.3 Å². The van der Waals surface area contributed by atoms with Crippen LogP contribution in [0.2, 0.25) is 0 Å². The summed E-state index contributed by atoms with van der Waals surface area (Å²) in [6, 6.07) is 6.19. The summed E-state index contributed by atoms with van der Waals surface area (Å²) in [7, 11) is -2.35. The fourth-order valence-corrected chi connectivity index (χ4v) is 5.13. The lowest BCUT2D eigenvalue weighted by atomic mass is 10.00. The Balaban J connectivity index is 2.45. The molecule has 0 aliphatic rings. The molecule has 1 unspecified atom stereocenters. The summed E-state index contributed by atoms with van der Waals surface area (Å²) < 4.78 is 35.3. The van der Waals surface area contributed by atoms with Crippen molar-refractivity contribution in [3.05, 3.63) is 45.7 Å². The van der Waals surface area contributed by atoms with E-state index in [1.165, 1.54) is 25.4 Å². The number of rotatable bonds is 16. The van der Waals surface area contributed by atoms with Gasteiger partial charge >= 0.3 is 0 Å².